The van der Waals surface area contributed by atoms with Crippen molar-refractivity contribution in [1.82, 2.24) is 9.88 Å². The van der Waals surface area contributed by atoms with E-state index in [1.165, 1.54) is 4.90 Å². The second-order valence-electron chi connectivity index (χ2n) is 6.57. The molecule has 1 aromatic heterocycles. The first-order valence-electron chi connectivity index (χ1n) is 7.38. The molecule has 2 heterocycles. The van der Waals surface area contributed by atoms with Crippen molar-refractivity contribution >= 4 is 12.1 Å². The minimum absolute atomic E-state index is 0.183. The number of aromatic nitrogens is 1. The van der Waals surface area contributed by atoms with Gasteiger partial charge < -0.3 is 9.84 Å². The fourth-order valence-corrected chi connectivity index (χ4v) is 2.75. The quantitative estimate of drug-likeness (QED) is 0.928. The lowest BCUT2D eigenvalue weighted by molar-refractivity contribution is -0.149. The van der Waals surface area contributed by atoms with Crippen LogP contribution in [0.5, 0.6) is 0 Å². The Balaban J connectivity index is 2.28. The van der Waals surface area contributed by atoms with Gasteiger partial charge in [0.1, 0.15) is 11.1 Å². The normalized spacial score (nSPS) is 21.7. The van der Waals surface area contributed by atoms with Gasteiger partial charge in [-0.1, -0.05) is 6.07 Å². The predicted octanol–water partition coefficient (Wildman–Crippen LogP) is 2.48. The highest BCUT2D eigenvalue weighted by atomic mass is 16.6. The van der Waals surface area contributed by atoms with Crippen LogP contribution in [0.3, 0.4) is 0 Å². The molecule has 0 aliphatic carbocycles. The van der Waals surface area contributed by atoms with E-state index in [4.69, 9.17) is 4.74 Å². The first kappa shape index (κ1) is 16.3. The van der Waals surface area contributed by atoms with Crippen LogP contribution in [0.2, 0.25) is 0 Å². The summed E-state index contributed by atoms with van der Waals surface area (Å²) in [5, 5.41) is 9.77. The number of rotatable bonds is 3. The van der Waals surface area contributed by atoms with Crippen molar-refractivity contribution in [2.24, 2.45) is 0 Å². The predicted molar refractivity (Wildman–Crippen MR) is 80.5 cm³/mol. The molecule has 6 nitrogen and oxygen atoms in total. The van der Waals surface area contributed by atoms with Gasteiger partial charge in [-0.2, -0.15) is 0 Å². The van der Waals surface area contributed by atoms with Crippen LogP contribution in [0.25, 0.3) is 0 Å². The standard InChI is InChI=1S/C16H22N2O4/c1-15(2,3)22-14(21)18-10-6-8-16(18,13(19)20)11-12-7-4-5-9-17-12/h4-5,7,9H,6,8,10-11H2,1-3H3,(H,19,20). The van der Waals surface area contributed by atoms with E-state index in [-0.39, 0.29) is 6.42 Å². The number of carbonyl (C=O) groups excluding carboxylic acids is 1. The molecule has 1 aromatic rings. The van der Waals surface area contributed by atoms with Crippen molar-refractivity contribution in [2.45, 2.75) is 51.2 Å². The number of ether oxygens (including phenoxy) is 1. The van der Waals surface area contributed by atoms with Crippen LogP contribution in [0.4, 0.5) is 4.79 Å². The molecule has 6 heteroatoms. The van der Waals surface area contributed by atoms with Crippen LogP contribution in [-0.4, -0.2) is 44.7 Å². The summed E-state index contributed by atoms with van der Waals surface area (Å²) >= 11 is 0. The minimum Gasteiger partial charge on any atom is -0.479 e. The fourth-order valence-electron chi connectivity index (χ4n) is 2.75. The Morgan fingerprint density at radius 2 is 2.14 bits per heavy atom. The summed E-state index contributed by atoms with van der Waals surface area (Å²) in [7, 11) is 0. The highest BCUT2D eigenvalue weighted by Gasteiger charge is 2.51. The maximum Gasteiger partial charge on any atom is 0.411 e. The maximum atomic E-state index is 12.4. The Hall–Kier alpha value is -2.11. The van der Waals surface area contributed by atoms with Crippen molar-refractivity contribution < 1.29 is 19.4 Å². The van der Waals surface area contributed by atoms with Crippen LogP contribution in [-0.2, 0) is 16.0 Å². The Labute approximate surface area is 130 Å². The second-order valence-corrected chi connectivity index (χ2v) is 6.57. The summed E-state index contributed by atoms with van der Waals surface area (Å²) in [6, 6.07) is 5.36. The van der Waals surface area contributed by atoms with E-state index in [1.54, 1.807) is 39.1 Å². The van der Waals surface area contributed by atoms with E-state index in [0.717, 1.165) is 0 Å². The molecule has 120 valence electrons. The molecule has 0 aromatic carbocycles. The largest absolute Gasteiger partial charge is 0.479 e. The molecule has 1 amide bonds. The van der Waals surface area contributed by atoms with Gasteiger partial charge >= 0.3 is 12.1 Å². The molecular weight excluding hydrogens is 284 g/mol. The van der Waals surface area contributed by atoms with E-state index in [0.29, 0.717) is 25.1 Å². The lowest BCUT2D eigenvalue weighted by atomic mass is 9.90. The zero-order valence-electron chi connectivity index (χ0n) is 13.2. The number of carbonyl (C=O) groups is 2. The SMILES string of the molecule is CC(C)(C)OC(=O)N1CCCC1(Cc1ccccn1)C(=O)O. The van der Waals surface area contributed by atoms with Crippen LogP contribution < -0.4 is 0 Å². The molecule has 0 saturated carbocycles. The van der Waals surface area contributed by atoms with Crippen molar-refractivity contribution in [3.63, 3.8) is 0 Å². The lowest BCUT2D eigenvalue weighted by Crippen LogP contribution is -2.55. The average molecular weight is 306 g/mol. The molecule has 1 atom stereocenters. The highest BCUT2D eigenvalue weighted by Crippen LogP contribution is 2.34. The number of carboxylic acids is 1. The van der Waals surface area contributed by atoms with E-state index in [9.17, 15) is 14.7 Å². The molecule has 1 aliphatic rings. The molecule has 0 bridgehead atoms. The van der Waals surface area contributed by atoms with Gasteiger partial charge in [0.15, 0.2) is 0 Å². The van der Waals surface area contributed by atoms with Crippen LogP contribution >= 0.6 is 0 Å². The van der Waals surface area contributed by atoms with Gasteiger partial charge in [0.2, 0.25) is 0 Å². The summed E-state index contributed by atoms with van der Waals surface area (Å²) in [6.07, 6.45) is 2.26. The summed E-state index contributed by atoms with van der Waals surface area (Å²) < 4.78 is 5.37. The van der Waals surface area contributed by atoms with Crippen molar-refractivity contribution in [2.75, 3.05) is 6.54 Å². The van der Waals surface area contributed by atoms with Crippen LogP contribution in [0.15, 0.2) is 24.4 Å². The van der Waals surface area contributed by atoms with E-state index in [1.807, 2.05) is 6.07 Å². The third kappa shape index (κ3) is 3.37. The number of likely N-dealkylation sites (tertiary alicyclic amines) is 1. The summed E-state index contributed by atoms with van der Waals surface area (Å²) in [6.45, 7) is 5.68. The number of aliphatic carboxylic acids is 1. The first-order chi connectivity index (χ1) is 10.2. The van der Waals surface area contributed by atoms with E-state index >= 15 is 0 Å². The Morgan fingerprint density at radius 3 is 2.68 bits per heavy atom. The number of hydrogen-bond donors (Lipinski definition) is 1. The molecule has 1 aliphatic heterocycles. The molecule has 22 heavy (non-hydrogen) atoms. The number of pyridine rings is 1. The van der Waals surface area contributed by atoms with Crippen LogP contribution in [0.1, 0.15) is 39.3 Å². The molecule has 0 radical (unpaired) electrons. The number of carboxylic acid groups (broad SMARTS) is 1. The number of amides is 1. The Morgan fingerprint density at radius 1 is 1.41 bits per heavy atom. The third-order valence-corrected chi connectivity index (χ3v) is 3.70. The zero-order chi connectivity index (χ0) is 16.4. The molecule has 1 saturated heterocycles. The van der Waals surface area contributed by atoms with Crippen molar-refractivity contribution in [1.29, 1.82) is 0 Å². The summed E-state index contributed by atoms with van der Waals surface area (Å²) in [4.78, 5) is 29.9. The van der Waals surface area contributed by atoms with Gasteiger partial charge in [0.25, 0.3) is 0 Å². The molecule has 1 unspecified atom stereocenters. The minimum atomic E-state index is -1.28. The Bertz CT molecular complexity index is 553. The summed E-state index contributed by atoms with van der Waals surface area (Å²) in [5.41, 5.74) is -1.29. The zero-order valence-corrected chi connectivity index (χ0v) is 13.2. The average Bonchev–Trinajstić information content (AvgIpc) is 2.83. The molecule has 0 spiro atoms. The van der Waals surface area contributed by atoms with Gasteiger partial charge in [-0.3, -0.25) is 9.88 Å². The van der Waals surface area contributed by atoms with Gasteiger partial charge in [-0.05, 0) is 45.7 Å². The topological polar surface area (TPSA) is 79.7 Å². The molecule has 1 fully saturated rings. The van der Waals surface area contributed by atoms with E-state index in [2.05, 4.69) is 4.98 Å². The van der Waals surface area contributed by atoms with Gasteiger partial charge in [0, 0.05) is 24.9 Å². The number of hydrogen-bond acceptors (Lipinski definition) is 4. The van der Waals surface area contributed by atoms with Gasteiger partial charge in [-0.25, -0.2) is 9.59 Å². The monoisotopic (exact) mass is 306 g/mol. The highest BCUT2D eigenvalue weighted by molar-refractivity contribution is 5.85. The first-order valence-corrected chi connectivity index (χ1v) is 7.38. The molecule has 2 rings (SSSR count). The number of nitrogens with zero attached hydrogens (tertiary/aromatic N) is 2. The van der Waals surface area contributed by atoms with Crippen molar-refractivity contribution in [3.8, 4) is 0 Å². The van der Waals surface area contributed by atoms with Gasteiger partial charge in [0.05, 0.1) is 0 Å². The van der Waals surface area contributed by atoms with Crippen molar-refractivity contribution in [3.05, 3.63) is 30.1 Å². The summed E-state index contributed by atoms with van der Waals surface area (Å²) in [5.74, 6) is -1.01. The smallest absolute Gasteiger partial charge is 0.411 e. The Kier molecular flexibility index (Phi) is 4.39. The third-order valence-electron chi connectivity index (χ3n) is 3.70. The molecule has 1 N–H and O–H groups in total. The van der Waals surface area contributed by atoms with E-state index < -0.39 is 23.2 Å². The van der Waals surface area contributed by atoms with Gasteiger partial charge in [-0.15, -0.1) is 0 Å². The van der Waals surface area contributed by atoms with Crippen LogP contribution in [0, 0.1) is 0 Å². The molecular formula is C16H22N2O4. The maximum absolute atomic E-state index is 12.4. The second kappa shape index (κ2) is 5.94. The fraction of sp³-hybridized carbons (Fsp3) is 0.562. The lowest BCUT2D eigenvalue weighted by Gasteiger charge is -2.35.